The first-order valence-electron chi connectivity index (χ1n) is 10.7. The van der Waals surface area contributed by atoms with Gasteiger partial charge in [0.25, 0.3) is 0 Å². The number of rotatable bonds is 8. The highest BCUT2D eigenvalue weighted by atomic mass is 16.5. The van der Waals surface area contributed by atoms with Crippen LogP contribution in [-0.2, 0) is 25.7 Å². The summed E-state index contributed by atoms with van der Waals surface area (Å²) in [4.78, 5) is 0. The number of aromatic hydroxyl groups is 3. The van der Waals surface area contributed by atoms with E-state index in [-0.39, 0.29) is 11.5 Å². The van der Waals surface area contributed by atoms with Gasteiger partial charge in [0.05, 0.1) is 0 Å². The Morgan fingerprint density at radius 1 is 0.469 bits per heavy atom. The average Bonchev–Trinajstić information content (AvgIpc) is 2.80. The first-order valence-corrected chi connectivity index (χ1v) is 10.7. The van der Waals surface area contributed by atoms with E-state index in [2.05, 4.69) is 6.07 Å². The van der Waals surface area contributed by atoms with Crippen LogP contribution < -0.4 is 4.74 Å². The molecule has 0 aliphatic rings. The molecule has 0 bridgehead atoms. The van der Waals surface area contributed by atoms with Gasteiger partial charge in [0.15, 0.2) is 11.5 Å². The van der Waals surface area contributed by atoms with Gasteiger partial charge in [-0.15, -0.1) is 0 Å². The van der Waals surface area contributed by atoms with E-state index in [9.17, 15) is 15.3 Å². The third-order valence-electron chi connectivity index (χ3n) is 5.41. The Morgan fingerprint density at radius 2 is 1.06 bits per heavy atom. The second-order valence-electron chi connectivity index (χ2n) is 7.89. The summed E-state index contributed by atoms with van der Waals surface area (Å²) >= 11 is 0. The van der Waals surface area contributed by atoms with Gasteiger partial charge in [-0.25, -0.2) is 0 Å². The number of phenolic OH excluding ortho intramolecular Hbond substituents is 3. The van der Waals surface area contributed by atoms with Crippen molar-refractivity contribution in [1.29, 1.82) is 0 Å². The van der Waals surface area contributed by atoms with Crippen LogP contribution in [0.5, 0.6) is 28.7 Å². The van der Waals surface area contributed by atoms with Crippen molar-refractivity contribution in [3.05, 3.63) is 113 Å². The summed E-state index contributed by atoms with van der Waals surface area (Å²) in [6, 6.07) is 28.4. The lowest BCUT2D eigenvalue weighted by atomic mass is 10.0. The molecular weight excluding hydrogens is 400 g/mol. The number of hydrogen-bond donors (Lipinski definition) is 3. The van der Waals surface area contributed by atoms with Crippen molar-refractivity contribution < 1.29 is 20.1 Å². The van der Waals surface area contributed by atoms with Crippen molar-refractivity contribution in [1.82, 2.24) is 0 Å². The lowest BCUT2D eigenvalue weighted by Gasteiger charge is -2.09. The van der Waals surface area contributed by atoms with Crippen LogP contribution in [0, 0.1) is 0 Å². The van der Waals surface area contributed by atoms with Crippen LogP contribution in [0.3, 0.4) is 0 Å². The Labute approximate surface area is 188 Å². The standard InChI is InChI=1S/C28H26O4/c29-24-5-1-3-21(17-24)9-10-22-4-2-6-26(18-22)32-25-14-11-20(12-15-25)7-8-23-13-16-27(30)28(31)19-23/h1-6,11-19,29-31H,7-10H2. The lowest BCUT2D eigenvalue weighted by molar-refractivity contribution is 0.403. The molecule has 0 aromatic heterocycles. The van der Waals surface area contributed by atoms with Gasteiger partial charge < -0.3 is 20.1 Å². The van der Waals surface area contributed by atoms with Gasteiger partial charge in [0.2, 0.25) is 0 Å². The first-order chi connectivity index (χ1) is 15.5. The molecule has 0 heterocycles. The Bertz CT molecular complexity index is 1180. The molecular formula is C28H26O4. The van der Waals surface area contributed by atoms with Gasteiger partial charge in [-0.2, -0.15) is 0 Å². The molecule has 0 aliphatic carbocycles. The van der Waals surface area contributed by atoms with E-state index in [4.69, 9.17) is 4.74 Å². The second-order valence-corrected chi connectivity index (χ2v) is 7.89. The van der Waals surface area contributed by atoms with Gasteiger partial charge in [0, 0.05) is 0 Å². The van der Waals surface area contributed by atoms with Crippen LogP contribution >= 0.6 is 0 Å². The summed E-state index contributed by atoms with van der Waals surface area (Å²) in [5, 5.41) is 28.6. The summed E-state index contributed by atoms with van der Waals surface area (Å²) in [5.41, 5.74) is 4.43. The minimum atomic E-state index is -0.0984. The van der Waals surface area contributed by atoms with Crippen molar-refractivity contribution >= 4 is 0 Å². The van der Waals surface area contributed by atoms with Gasteiger partial charge >= 0.3 is 0 Å². The predicted octanol–water partition coefficient (Wildman–Crippen LogP) is 6.17. The molecule has 4 aromatic carbocycles. The molecule has 0 fully saturated rings. The maximum atomic E-state index is 9.62. The van der Waals surface area contributed by atoms with Crippen LogP contribution in [0.4, 0.5) is 0 Å². The van der Waals surface area contributed by atoms with Gasteiger partial charge in [0.1, 0.15) is 17.2 Å². The van der Waals surface area contributed by atoms with Crippen molar-refractivity contribution in [2.24, 2.45) is 0 Å². The fourth-order valence-electron chi connectivity index (χ4n) is 3.64. The van der Waals surface area contributed by atoms with Gasteiger partial charge in [-0.05, 0) is 96.5 Å². The van der Waals surface area contributed by atoms with Crippen LogP contribution in [0.1, 0.15) is 22.3 Å². The van der Waals surface area contributed by atoms with Crippen LogP contribution in [0.15, 0.2) is 91.0 Å². The van der Waals surface area contributed by atoms with Gasteiger partial charge in [-0.3, -0.25) is 0 Å². The zero-order chi connectivity index (χ0) is 22.3. The largest absolute Gasteiger partial charge is 0.508 e. The predicted molar refractivity (Wildman–Crippen MR) is 126 cm³/mol. The number of phenols is 3. The van der Waals surface area contributed by atoms with Crippen molar-refractivity contribution in [2.45, 2.75) is 25.7 Å². The number of ether oxygens (including phenoxy) is 1. The normalized spacial score (nSPS) is 10.8. The fraction of sp³-hybridized carbons (Fsp3) is 0.143. The van der Waals surface area contributed by atoms with Gasteiger partial charge in [-0.1, -0.05) is 42.5 Å². The molecule has 0 aliphatic heterocycles. The maximum Gasteiger partial charge on any atom is 0.157 e. The van der Waals surface area contributed by atoms with Crippen LogP contribution in [0.2, 0.25) is 0 Å². The Balaban J connectivity index is 1.32. The van der Waals surface area contributed by atoms with E-state index < -0.39 is 0 Å². The molecule has 4 aromatic rings. The van der Waals surface area contributed by atoms with E-state index >= 15 is 0 Å². The Hall–Kier alpha value is -3.92. The zero-order valence-electron chi connectivity index (χ0n) is 17.7. The highest BCUT2D eigenvalue weighted by Crippen LogP contribution is 2.26. The molecule has 0 unspecified atom stereocenters. The maximum absolute atomic E-state index is 9.62. The highest BCUT2D eigenvalue weighted by molar-refractivity contribution is 5.41. The third kappa shape index (κ3) is 5.82. The zero-order valence-corrected chi connectivity index (χ0v) is 17.7. The quantitative estimate of drug-likeness (QED) is 0.295. The van der Waals surface area contributed by atoms with E-state index in [1.165, 1.54) is 17.2 Å². The van der Waals surface area contributed by atoms with E-state index in [1.54, 1.807) is 18.2 Å². The Morgan fingerprint density at radius 3 is 1.75 bits per heavy atom. The molecule has 3 N–H and O–H groups in total. The van der Waals surface area contributed by atoms with E-state index in [0.29, 0.717) is 5.75 Å². The minimum Gasteiger partial charge on any atom is -0.508 e. The first kappa shape index (κ1) is 21.3. The molecule has 0 atom stereocenters. The number of benzene rings is 4. The molecule has 4 heteroatoms. The second kappa shape index (κ2) is 9.92. The highest BCUT2D eigenvalue weighted by Gasteiger charge is 2.04. The topological polar surface area (TPSA) is 69.9 Å². The minimum absolute atomic E-state index is 0.0876. The molecule has 0 spiro atoms. The lowest BCUT2D eigenvalue weighted by Crippen LogP contribution is -1.93. The average molecular weight is 427 g/mol. The Kier molecular flexibility index (Phi) is 6.61. The molecule has 162 valence electrons. The fourth-order valence-corrected chi connectivity index (χ4v) is 3.64. The molecule has 0 saturated carbocycles. The summed E-state index contributed by atoms with van der Waals surface area (Å²) in [7, 11) is 0. The number of hydrogen-bond acceptors (Lipinski definition) is 4. The summed E-state index contributed by atoms with van der Waals surface area (Å²) in [6.45, 7) is 0. The monoisotopic (exact) mass is 426 g/mol. The molecule has 0 saturated heterocycles. The molecule has 32 heavy (non-hydrogen) atoms. The molecule has 4 rings (SSSR count). The molecule has 4 nitrogen and oxygen atoms in total. The third-order valence-corrected chi connectivity index (χ3v) is 5.41. The summed E-state index contributed by atoms with van der Waals surface area (Å²) in [6.07, 6.45) is 3.32. The van der Waals surface area contributed by atoms with Crippen molar-refractivity contribution in [3.8, 4) is 28.7 Å². The van der Waals surface area contributed by atoms with Crippen LogP contribution in [-0.4, -0.2) is 15.3 Å². The van der Waals surface area contributed by atoms with Crippen molar-refractivity contribution in [2.75, 3.05) is 0 Å². The molecule has 0 amide bonds. The smallest absolute Gasteiger partial charge is 0.157 e. The number of aryl methyl sites for hydroxylation is 4. The van der Waals surface area contributed by atoms with E-state index in [1.807, 2.05) is 60.7 Å². The molecule has 0 radical (unpaired) electrons. The van der Waals surface area contributed by atoms with Crippen molar-refractivity contribution in [3.63, 3.8) is 0 Å². The SMILES string of the molecule is Oc1cccc(CCc2cccc(Oc3ccc(CCc4ccc(O)c(O)c4)cc3)c2)c1. The summed E-state index contributed by atoms with van der Waals surface area (Å²) in [5.74, 6) is 1.69. The summed E-state index contributed by atoms with van der Waals surface area (Å²) < 4.78 is 6.04. The van der Waals surface area contributed by atoms with E-state index in [0.717, 1.165) is 48.3 Å². The van der Waals surface area contributed by atoms with Crippen LogP contribution in [0.25, 0.3) is 0 Å².